The Labute approximate surface area is 255 Å². The predicted octanol–water partition coefficient (Wildman–Crippen LogP) is 3.83. The number of nitrogens with one attached hydrogen (secondary N) is 3. The number of nitrogens with zero attached hydrogens (tertiary/aromatic N) is 1. The number of aliphatic carboxylic acids is 2. The number of carboxylic acid groups (broad SMARTS) is 2. The smallest absolute Gasteiger partial charge is 0.303 e. The highest BCUT2D eigenvalue weighted by molar-refractivity contribution is 7.80. The van der Waals surface area contributed by atoms with Crippen molar-refractivity contribution in [2.75, 3.05) is 0 Å². The molecule has 3 aromatic rings. The molecule has 1 atom stereocenters. The van der Waals surface area contributed by atoms with Crippen LogP contribution in [-0.2, 0) is 16.0 Å². The fourth-order valence-corrected chi connectivity index (χ4v) is 6.56. The molecule has 224 valence electrons. The summed E-state index contributed by atoms with van der Waals surface area (Å²) in [5, 5.41) is 22.9. The summed E-state index contributed by atoms with van der Waals surface area (Å²) in [6.07, 6.45) is 10.9. The largest absolute Gasteiger partial charge is 0.481 e. The van der Waals surface area contributed by atoms with Crippen LogP contribution in [0.2, 0.25) is 0 Å². The molecule has 8 bridgehead atoms. The van der Waals surface area contributed by atoms with Crippen molar-refractivity contribution in [3.63, 3.8) is 0 Å². The fraction of sp³-hybridized carbons (Fsp3) is 0.324. The number of H-pyrrole nitrogens is 3. The van der Waals surface area contributed by atoms with Crippen LogP contribution in [0.4, 0.5) is 0 Å². The van der Waals surface area contributed by atoms with Crippen LogP contribution in [-0.4, -0.2) is 42.8 Å². The van der Waals surface area contributed by atoms with Crippen molar-refractivity contribution in [2.45, 2.75) is 72.5 Å². The Morgan fingerprint density at radius 1 is 0.837 bits per heavy atom. The third-order valence-corrected chi connectivity index (χ3v) is 8.85. The van der Waals surface area contributed by atoms with Crippen LogP contribution in [0.25, 0.3) is 30.4 Å². The highest BCUT2D eigenvalue weighted by Crippen LogP contribution is 2.33. The first-order valence-corrected chi connectivity index (χ1v) is 15.0. The molecule has 43 heavy (non-hydrogen) atoms. The first-order valence-electron chi connectivity index (χ1n) is 14.5. The van der Waals surface area contributed by atoms with Gasteiger partial charge in [-0.15, -0.1) is 0 Å². The molecule has 0 saturated carbocycles. The lowest BCUT2D eigenvalue weighted by Crippen LogP contribution is -2.23. The molecule has 0 fully saturated rings. The predicted molar refractivity (Wildman–Crippen MR) is 175 cm³/mol. The van der Waals surface area contributed by atoms with Gasteiger partial charge >= 0.3 is 11.9 Å². The molecule has 9 heteroatoms. The van der Waals surface area contributed by atoms with Crippen molar-refractivity contribution in [3.05, 3.63) is 83.0 Å². The van der Waals surface area contributed by atoms with Gasteiger partial charge in [0.15, 0.2) is 0 Å². The Morgan fingerprint density at radius 3 is 2.14 bits per heavy atom. The van der Waals surface area contributed by atoms with Gasteiger partial charge < -0.3 is 25.2 Å². The summed E-state index contributed by atoms with van der Waals surface area (Å²) in [6.45, 7) is 12.2. The molecule has 2 aliphatic heterocycles. The topological polar surface area (TPSA) is 134 Å². The van der Waals surface area contributed by atoms with Crippen LogP contribution in [0.5, 0.6) is 0 Å². The maximum atomic E-state index is 11.6. The number of aliphatic imine (C=N–C) groups is 1. The average molecular weight is 599 g/mol. The first-order chi connectivity index (χ1) is 20.4. The van der Waals surface area contributed by atoms with Crippen LogP contribution >= 0.6 is 12.6 Å². The van der Waals surface area contributed by atoms with Gasteiger partial charge in [0.05, 0.1) is 11.4 Å². The van der Waals surface area contributed by atoms with E-state index in [0.29, 0.717) is 18.5 Å². The van der Waals surface area contributed by atoms with Gasteiger partial charge in [0.2, 0.25) is 0 Å². The van der Waals surface area contributed by atoms with E-state index >= 15 is 0 Å². The van der Waals surface area contributed by atoms with Gasteiger partial charge in [-0.2, -0.15) is 12.6 Å². The van der Waals surface area contributed by atoms with Crippen molar-refractivity contribution in [1.29, 1.82) is 0 Å². The van der Waals surface area contributed by atoms with Gasteiger partial charge in [-0.05, 0) is 123 Å². The molecule has 5 N–H and O–H groups in total. The van der Waals surface area contributed by atoms with Crippen LogP contribution < -0.4 is 21.3 Å². The van der Waals surface area contributed by atoms with Gasteiger partial charge in [0, 0.05) is 51.2 Å². The van der Waals surface area contributed by atoms with Crippen molar-refractivity contribution in [1.82, 2.24) is 15.0 Å². The number of aromatic nitrogens is 3. The number of allylic oxidation sites excluding steroid dienone is 2. The summed E-state index contributed by atoms with van der Waals surface area (Å²) < 4.78 is 0. The summed E-state index contributed by atoms with van der Waals surface area (Å²) in [7, 11) is 0. The molecule has 0 radical (unpaired) electrons. The van der Waals surface area contributed by atoms with E-state index in [9.17, 15) is 19.8 Å². The Balaban J connectivity index is 1.89. The van der Waals surface area contributed by atoms with E-state index < -0.39 is 11.9 Å². The molecule has 0 saturated heterocycles. The first kappa shape index (κ1) is 30.2. The van der Waals surface area contributed by atoms with Gasteiger partial charge in [-0.25, -0.2) is 4.99 Å². The van der Waals surface area contributed by atoms with E-state index in [4.69, 9.17) is 17.6 Å². The molecular formula is C34H38N4O4S. The van der Waals surface area contributed by atoms with Crippen LogP contribution in [0.1, 0.15) is 90.2 Å². The van der Waals surface area contributed by atoms with E-state index in [-0.39, 0.29) is 18.1 Å². The third-order valence-electron chi connectivity index (χ3n) is 8.60. The van der Waals surface area contributed by atoms with E-state index in [1.165, 1.54) is 0 Å². The number of carbonyl (C=O) groups is 2. The lowest BCUT2D eigenvalue weighted by molar-refractivity contribution is -0.138. The molecule has 0 amide bonds. The van der Waals surface area contributed by atoms with Crippen molar-refractivity contribution >= 4 is 60.7 Å². The highest BCUT2D eigenvalue weighted by Gasteiger charge is 2.23. The van der Waals surface area contributed by atoms with Crippen LogP contribution in [0.3, 0.4) is 0 Å². The second kappa shape index (κ2) is 11.8. The van der Waals surface area contributed by atoms with Crippen molar-refractivity contribution in [2.24, 2.45) is 4.99 Å². The Hall–Kier alpha value is -4.24. The number of hydrogen-bond acceptors (Lipinski definition) is 4. The second-order valence-corrected chi connectivity index (χ2v) is 12.1. The fourth-order valence-electron chi connectivity index (χ4n) is 6.23. The minimum absolute atomic E-state index is 0.00778. The van der Waals surface area contributed by atoms with E-state index in [1.54, 1.807) is 0 Å². The zero-order valence-electron chi connectivity index (χ0n) is 25.4. The molecule has 0 unspecified atom stereocenters. The average Bonchev–Trinajstić information content (AvgIpc) is 3.59. The maximum Gasteiger partial charge on any atom is 0.303 e. The Kier molecular flexibility index (Phi) is 8.29. The summed E-state index contributed by atoms with van der Waals surface area (Å²) >= 11 is 4.82. The summed E-state index contributed by atoms with van der Waals surface area (Å²) in [5.74, 6) is -1.74. The molecule has 5 heterocycles. The van der Waals surface area contributed by atoms with Gasteiger partial charge in [0.25, 0.3) is 0 Å². The third kappa shape index (κ3) is 5.73. The number of carboxylic acids is 2. The molecule has 2 aliphatic rings. The van der Waals surface area contributed by atoms with Gasteiger partial charge in [0.1, 0.15) is 0 Å². The standard InChI is InChI=1S/C34H38N4O4S/c1-7-21-16(2)26-14-31-34(20(6)43)19(5)27(38-31)12-24-17(3)22(8-10-32(39)40)29(36-24)15-30-23(9-11-33(41)42)18(4)25(37-30)13-28(21)35-26/h7,12-15,20,35,37-38,43H,8-11H2,1-6H3,(H,39,40)(H,41,42)/b21-7+,27-12?,28-13-,29-15-,31-14-/t20-/m0/s1. The van der Waals surface area contributed by atoms with E-state index in [2.05, 4.69) is 54.0 Å². The minimum Gasteiger partial charge on any atom is -0.481 e. The number of hydrogen-bond donors (Lipinski definition) is 6. The van der Waals surface area contributed by atoms with Gasteiger partial charge in [-0.3, -0.25) is 9.59 Å². The molecule has 5 rings (SSSR count). The molecule has 0 aromatic carbocycles. The zero-order chi connectivity index (χ0) is 31.2. The quantitative estimate of drug-likeness (QED) is 0.231. The van der Waals surface area contributed by atoms with Crippen molar-refractivity contribution in [3.8, 4) is 0 Å². The number of rotatable bonds is 7. The molecule has 3 aromatic heterocycles. The van der Waals surface area contributed by atoms with Crippen LogP contribution in [0, 0.1) is 20.8 Å². The Bertz CT molecular complexity index is 2010. The number of thiol groups is 1. The molecule has 8 nitrogen and oxygen atoms in total. The summed E-state index contributed by atoms with van der Waals surface area (Å²) in [4.78, 5) is 38.9. The highest BCUT2D eigenvalue weighted by atomic mass is 32.1. The lowest BCUT2D eigenvalue weighted by Gasteiger charge is -2.06. The molecule has 0 aliphatic carbocycles. The monoisotopic (exact) mass is 598 g/mol. The van der Waals surface area contributed by atoms with Crippen molar-refractivity contribution < 1.29 is 19.8 Å². The number of fused-ring (bicyclic) bond motifs is 7. The zero-order valence-corrected chi connectivity index (χ0v) is 26.3. The summed E-state index contributed by atoms with van der Waals surface area (Å²) in [6, 6.07) is 0. The molecular weight excluding hydrogens is 560 g/mol. The minimum atomic E-state index is -0.873. The number of aromatic amines is 3. The maximum absolute atomic E-state index is 11.6. The SMILES string of the molecule is C/C=c1\c(C)c2[nH]\c1=C/c1[nH]c(c(CCC(=O)O)c1C)/C=C1\N=C(C=c3[nH]/c(c([C@H](C)S)c3C)=C\2)C(C)=C1CCC(=O)O. The lowest BCUT2D eigenvalue weighted by atomic mass is 9.98. The second-order valence-electron chi connectivity index (χ2n) is 11.4. The normalized spacial score (nSPS) is 18.3. The summed E-state index contributed by atoms with van der Waals surface area (Å²) in [5.41, 5.74) is 11.0. The van der Waals surface area contributed by atoms with E-state index in [1.807, 2.05) is 32.9 Å². The van der Waals surface area contributed by atoms with Gasteiger partial charge in [-0.1, -0.05) is 6.08 Å². The Morgan fingerprint density at radius 2 is 1.49 bits per heavy atom. The molecule has 0 spiro atoms. The van der Waals surface area contributed by atoms with E-state index in [0.717, 1.165) is 83.0 Å². The van der Waals surface area contributed by atoms with Crippen LogP contribution in [0.15, 0.2) is 21.8 Å².